The lowest BCUT2D eigenvalue weighted by atomic mass is 10.1. The summed E-state index contributed by atoms with van der Waals surface area (Å²) < 4.78 is 1.83. The summed E-state index contributed by atoms with van der Waals surface area (Å²) in [5.41, 5.74) is 5.61. The molecule has 3 nitrogen and oxygen atoms in total. The topological polar surface area (TPSA) is 43.8 Å². The first kappa shape index (κ1) is 9.55. The van der Waals surface area contributed by atoms with Crippen LogP contribution in [0.2, 0.25) is 5.02 Å². The zero-order chi connectivity index (χ0) is 9.14. The van der Waals surface area contributed by atoms with Crippen LogP contribution in [0.4, 0.5) is 0 Å². The Balaban J connectivity index is 2.80. The molecule has 1 aromatic rings. The molecule has 0 aliphatic heterocycles. The zero-order valence-electron chi connectivity index (χ0n) is 7.37. The van der Waals surface area contributed by atoms with Gasteiger partial charge in [0, 0.05) is 12.7 Å². The number of nitrogens with two attached hydrogens (primary N) is 1. The molecule has 0 aliphatic carbocycles. The van der Waals surface area contributed by atoms with E-state index in [-0.39, 0.29) is 6.04 Å². The summed E-state index contributed by atoms with van der Waals surface area (Å²) in [7, 11) is 0. The third-order valence-corrected chi connectivity index (χ3v) is 2.12. The van der Waals surface area contributed by atoms with Gasteiger partial charge < -0.3 is 5.73 Å². The summed E-state index contributed by atoms with van der Waals surface area (Å²) in [5.74, 6) is 0.478. The average Bonchev–Trinajstić information content (AvgIpc) is 2.37. The summed E-state index contributed by atoms with van der Waals surface area (Å²) in [4.78, 5) is 0. The van der Waals surface area contributed by atoms with Crippen molar-refractivity contribution < 1.29 is 0 Å². The van der Waals surface area contributed by atoms with E-state index < -0.39 is 0 Å². The van der Waals surface area contributed by atoms with E-state index in [0.717, 1.165) is 0 Å². The Morgan fingerprint density at radius 3 is 2.67 bits per heavy atom. The summed E-state index contributed by atoms with van der Waals surface area (Å²) in [6.07, 6.45) is 3.44. The molecule has 0 saturated heterocycles. The lowest BCUT2D eigenvalue weighted by molar-refractivity contribution is 0.355. The van der Waals surface area contributed by atoms with Crippen LogP contribution in [0.25, 0.3) is 0 Å². The Morgan fingerprint density at radius 1 is 1.67 bits per heavy atom. The van der Waals surface area contributed by atoms with Crippen LogP contribution in [0.1, 0.15) is 19.9 Å². The molecule has 0 unspecified atom stereocenters. The first-order valence-corrected chi connectivity index (χ1v) is 4.42. The third-order valence-electron chi connectivity index (χ3n) is 1.92. The molecule has 2 N–H and O–H groups in total. The fourth-order valence-corrected chi connectivity index (χ4v) is 1.33. The van der Waals surface area contributed by atoms with Gasteiger partial charge in [-0.3, -0.25) is 4.68 Å². The fourth-order valence-electron chi connectivity index (χ4n) is 1.18. The molecule has 12 heavy (non-hydrogen) atoms. The van der Waals surface area contributed by atoms with Gasteiger partial charge in [0.2, 0.25) is 0 Å². The summed E-state index contributed by atoms with van der Waals surface area (Å²) in [5, 5.41) is 4.77. The summed E-state index contributed by atoms with van der Waals surface area (Å²) in [6, 6.07) is 0.248. The molecule has 1 rings (SSSR count). The van der Waals surface area contributed by atoms with Crippen molar-refractivity contribution in [3.05, 3.63) is 17.4 Å². The molecule has 1 atom stereocenters. The SMILES string of the molecule is CC(C)[C@H](CN)n1cc(Cl)cn1. The second-order valence-corrected chi connectivity index (χ2v) is 3.62. The van der Waals surface area contributed by atoms with Crippen molar-refractivity contribution in [3.8, 4) is 0 Å². The van der Waals surface area contributed by atoms with E-state index in [0.29, 0.717) is 17.5 Å². The highest BCUT2D eigenvalue weighted by Crippen LogP contribution is 2.17. The van der Waals surface area contributed by atoms with E-state index in [9.17, 15) is 0 Å². The molecule has 4 heteroatoms. The first-order chi connectivity index (χ1) is 5.65. The molecule has 1 heterocycles. The number of halogens is 1. The van der Waals surface area contributed by atoms with Crippen molar-refractivity contribution >= 4 is 11.6 Å². The molecule has 0 aliphatic rings. The van der Waals surface area contributed by atoms with E-state index in [1.165, 1.54) is 0 Å². The highest BCUT2D eigenvalue weighted by atomic mass is 35.5. The molecule has 0 aromatic carbocycles. The predicted octanol–water partition coefficient (Wildman–Crippen LogP) is 1.69. The average molecular weight is 188 g/mol. The van der Waals surface area contributed by atoms with Gasteiger partial charge in [-0.2, -0.15) is 5.10 Å². The van der Waals surface area contributed by atoms with Crippen molar-refractivity contribution in [2.24, 2.45) is 11.7 Å². The van der Waals surface area contributed by atoms with Crippen molar-refractivity contribution in [1.82, 2.24) is 9.78 Å². The van der Waals surface area contributed by atoms with Gasteiger partial charge in [-0.1, -0.05) is 25.4 Å². The van der Waals surface area contributed by atoms with Crippen molar-refractivity contribution in [2.45, 2.75) is 19.9 Å². The number of hydrogen-bond donors (Lipinski definition) is 1. The molecule has 0 saturated carbocycles. The van der Waals surface area contributed by atoms with Gasteiger partial charge in [0.05, 0.1) is 17.3 Å². The molecule has 0 bridgehead atoms. The standard InChI is InChI=1S/C8H14ClN3/c1-6(2)8(3-10)12-5-7(9)4-11-12/h4-6,8H,3,10H2,1-2H3/t8-/m0/s1. The van der Waals surface area contributed by atoms with Gasteiger partial charge in [0.15, 0.2) is 0 Å². The monoisotopic (exact) mass is 187 g/mol. The molecule has 0 spiro atoms. The number of rotatable bonds is 3. The Morgan fingerprint density at radius 2 is 2.33 bits per heavy atom. The smallest absolute Gasteiger partial charge is 0.0785 e. The molecule has 1 aromatic heterocycles. The van der Waals surface area contributed by atoms with Gasteiger partial charge in [0.1, 0.15) is 0 Å². The lowest BCUT2D eigenvalue weighted by Crippen LogP contribution is -2.24. The van der Waals surface area contributed by atoms with E-state index >= 15 is 0 Å². The van der Waals surface area contributed by atoms with Gasteiger partial charge in [0.25, 0.3) is 0 Å². The molecular formula is C8H14ClN3. The van der Waals surface area contributed by atoms with E-state index in [4.69, 9.17) is 17.3 Å². The van der Waals surface area contributed by atoms with Crippen LogP contribution in [0.5, 0.6) is 0 Å². The van der Waals surface area contributed by atoms with E-state index in [1.54, 1.807) is 12.4 Å². The van der Waals surface area contributed by atoms with Crippen LogP contribution in [-0.2, 0) is 0 Å². The first-order valence-electron chi connectivity index (χ1n) is 4.05. The normalized spacial score (nSPS) is 13.8. The second kappa shape index (κ2) is 3.92. The second-order valence-electron chi connectivity index (χ2n) is 3.19. The number of nitrogens with zero attached hydrogens (tertiary/aromatic N) is 2. The maximum absolute atomic E-state index is 5.74. The largest absolute Gasteiger partial charge is 0.328 e. The van der Waals surface area contributed by atoms with Gasteiger partial charge >= 0.3 is 0 Å². The lowest BCUT2D eigenvalue weighted by Gasteiger charge is -2.18. The molecule has 0 amide bonds. The van der Waals surface area contributed by atoms with Gasteiger partial charge in [-0.05, 0) is 5.92 Å². The predicted molar refractivity (Wildman–Crippen MR) is 50.2 cm³/mol. The van der Waals surface area contributed by atoms with Crippen LogP contribution in [0.15, 0.2) is 12.4 Å². The Kier molecular flexibility index (Phi) is 3.12. The highest BCUT2D eigenvalue weighted by Gasteiger charge is 2.13. The minimum atomic E-state index is 0.248. The van der Waals surface area contributed by atoms with Crippen LogP contribution >= 0.6 is 11.6 Å². The van der Waals surface area contributed by atoms with Crippen LogP contribution in [-0.4, -0.2) is 16.3 Å². The zero-order valence-corrected chi connectivity index (χ0v) is 8.12. The Bertz CT molecular complexity index is 244. The molecular weight excluding hydrogens is 174 g/mol. The maximum atomic E-state index is 5.74. The minimum absolute atomic E-state index is 0.248. The van der Waals surface area contributed by atoms with Crippen LogP contribution < -0.4 is 5.73 Å². The van der Waals surface area contributed by atoms with E-state index in [1.807, 2.05) is 4.68 Å². The molecule has 0 radical (unpaired) electrons. The Hall–Kier alpha value is -0.540. The van der Waals surface area contributed by atoms with Gasteiger partial charge in [-0.15, -0.1) is 0 Å². The van der Waals surface area contributed by atoms with Crippen molar-refractivity contribution in [2.75, 3.05) is 6.54 Å². The highest BCUT2D eigenvalue weighted by molar-refractivity contribution is 6.30. The van der Waals surface area contributed by atoms with Crippen LogP contribution in [0.3, 0.4) is 0 Å². The fraction of sp³-hybridized carbons (Fsp3) is 0.625. The summed E-state index contributed by atoms with van der Waals surface area (Å²) >= 11 is 5.74. The molecule has 0 fully saturated rings. The number of hydrogen-bond acceptors (Lipinski definition) is 2. The van der Waals surface area contributed by atoms with Crippen molar-refractivity contribution in [1.29, 1.82) is 0 Å². The van der Waals surface area contributed by atoms with Gasteiger partial charge in [-0.25, -0.2) is 0 Å². The molecule has 68 valence electrons. The van der Waals surface area contributed by atoms with Crippen LogP contribution in [0, 0.1) is 5.92 Å². The third kappa shape index (κ3) is 1.99. The maximum Gasteiger partial charge on any atom is 0.0785 e. The quantitative estimate of drug-likeness (QED) is 0.783. The van der Waals surface area contributed by atoms with E-state index in [2.05, 4.69) is 18.9 Å². The van der Waals surface area contributed by atoms with Crippen molar-refractivity contribution in [3.63, 3.8) is 0 Å². The summed E-state index contributed by atoms with van der Waals surface area (Å²) in [6.45, 7) is 4.83. The Labute approximate surface area is 77.5 Å². The minimum Gasteiger partial charge on any atom is -0.328 e. The number of aromatic nitrogens is 2.